The number of pyridine rings is 1. The van der Waals surface area contributed by atoms with Gasteiger partial charge in [-0.1, -0.05) is 13.3 Å². The van der Waals surface area contributed by atoms with E-state index >= 15 is 0 Å². The van der Waals surface area contributed by atoms with E-state index in [1.807, 2.05) is 12.1 Å². The number of fused-ring (bicyclic) bond motifs is 1. The number of nitriles is 1. The van der Waals surface area contributed by atoms with E-state index in [2.05, 4.69) is 22.9 Å². The molecule has 0 unspecified atom stereocenters. The minimum Gasteiger partial charge on any atom is -0.497 e. The van der Waals surface area contributed by atoms with Crippen molar-refractivity contribution in [3.63, 3.8) is 0 Å². The van der Waals surface area contributed by atoms with Crippen LogP contribution in [-0.4, -0.2) is 32.3 Å². The molecule has 0 N–H and O–H groups in total. The summed E-state index contributed by atoms with van der Waals surface area (Å²) in [5.41, 5.74) is 2.33. The number of ether oxygens (including phenoxy) is 2. The molecule has 24 heavy (non-hydrogen) atoms. The number of nitrogens with zero attached hydrogens (tertiary/aromatic N) is 3. The highest BCUT2D eigenvalue weighted by Gasteiger charge is 2.23. The Balaban J connectivity index is 2.15. The normalized spacial score (nSPS) is 15.3. The van der Waals surface area contributed by atoms with Gasteiger partial charge < -0.3 is 14.4 Å². The number of benzene rings is 1. The first-order valence-corrected chi connectivity index (χ1v) is 8.41. The van der Waals surface area contributed by atoms with E-state index in [1.54, 1.807) is 20.4 Å². The smallest absolute Gasteiger partial charge is 0.148 e. The first-order chi connectivity index (χ1) is 11.7. The van der Waals surface area contributed by atoms with Gasteiger partial charge in [-0.2, -0.15) is 5.26 Å². The summed E-state index contributed by atoms with van der Waals surface area (Å²) in [6.45, 7) is 4.18. The minimum absolute atomic E-state index is 0.604. The molecule has 5 nitrogen and oxygen atoms in total. The Morgan fingerprint density at radius 1 is 1.25 bits per heavy atom. The number of aromatic nitrogens is 1. The van der Waals surface area contributed by atoms with Crippen molar-refractivity contribution in [1.82, 2.24) is 4.98 Å². The maximum Gasteiger partial charge on any atom is 0.148 e. The predicted molar refractivity (Wildman–Crippen MR) is 94.8 cm³/mol. The first kappa shape index (κ1) is 16.4. The van der Waals surface area contributed by atoms with Gasteiger partial charge in [0.1, 0.15) is 23.1 Å². The molecule has 0 amide bonds. The van der Waals surface area contributed by atoms with Crippen molar-refractivity contribution in [2.24, 2.45) is 5.92 Å². The van der Waals surface area contributed by atoms with E-state index in [1.165, 1.54) is 6.42 Å². The highest BCUT2D eigenvalue weighted by molar-refractivity contribution is 5.98. The highest BCUT2D eigenvalue weighted by atomic mass is 16.5. The Morgan fingerprint density at radius 3 is 2.58 bits per heavy atom. The monoisotopic (exact) mass is 325 g/mol. The van der Waals surface area contributed by atoms with Gasteiger partial charge in [0.2, 0.25) is 0 Å². The third-order valence-corrected chi connectivity index (χ3v) is 4.97. The fraction of sp³-hybridized carbons (Fsp3) is 0.474. The molecule has 5 heteroatoms. The summed E-state index contributed by atoms with van der Waals surface area (Å²) in [6, 6.07) is 6.08. The largest absolute Gasteiger partial charge is 0.497 e. The second kappa shape index (κ2) is 6.96. The van der Waals surface area contributed by atoms with Crippen LogP contribution in [0.1, 0.15) is 31.7 Å². The lowest BCUT2D eigenvalue weighted by Gasteiger charge is -2.34. The van der Waals surface area contributed by atoms with Crippen molar-refractivity contribution in [3.05, 3.63) is 23.9 Å². The molecule has 2 aromatic rings. The van der Waals surface area contributed by atoms with Gasteiger partial charge in [-0.15, -0.1) is 0 Å². The predicted octanol–water partition coefficient (Wildman–Crippen LogP) is 3.75. The topological polar surface area (TPSA) is 58.4 Å². The van der Waals surface area contributed by atoms with Gasteiger partial charge in [0, 0.05) is 30.7 Å². The molecule has 0 aliphatic carbocycles. The number of methoxy groups -OCH3 is 2. The van der Waals surface area contributed by atoms with Gasteiger partial charge in [0.05, 0.1) is 25.5 Å². The summed E-state index contributed by atoms with van der Waals surface area (Å²) in [6.07, 6.45) is 5.19. The summed E-state index contributed by atoms with van der Waals surface area (Å²) in [5.74, 6) is 2.16. The van der Waals surface area contributed by atoms with Gasteiger partial charge in [-0.05, 0) is 24.8 Å². The summed E-state index contributed by atoms with van der Waals surface area (Å²) in [7, 11) is 3.26. The molecule has 1 aromatic carbocycles. The molecular formula is C19H23N3O2. The number of rotatable bonds is 4. The molecule has 0 spiro atoms. The Morgan fingerprint density at radius 2 is 2.00 bits per heavy atom. The molecule has 1 fully saturated rings. The van der Waals surface area contributed by atoms with Crippen LogP contribution in [-0.2, 0) is 0 Å². The van der Waals surface area contributed by atoms with Crippen LogP contribution in [0, 0.1) is 17.2 Å². The number of anilines is 1. The Bertz CT molecular complexity index is 774. The van der Waals surface area contributed by atoms with Crippen LogP contribution in [0.25, 0.3) is 10.9 Å². The van der Waals surface area contributed by atoms with Crippen molar-refractivity contribution in [2.45, 2.75) is 26.2 Å². The summed E-state index contributed by atoms with van der Waals surface area (Å²) < 4.78 is 10.9. The molecule has 126 valence electrons. The maximum absolute atomic E-state index is 9.58. The lowest BCUT2D eigenvalue weighted by Crippen LogP contribution is -2.34. The average Bonchev–Trinajstić information content (AvgIpc) is 2.66. The Kier molecular flexibility index (Phi) is 4.75. The number of piperidine rings is 1. The van der Waals surface area contributed by atoms with Crippen LogP contribution in [0.15, 0.2) is 18.3 Å². The quantitative estimate of drug-likeness (QED) is 0.857. The average molecular weight is 325 g/mol. The standard InChI is InChI=1S/C19H23N3O2/c1-4-13-5-7-22(8-6-13)19-14(11-20)12-21-18-16(19)9-15(23-2)10-17(18)24-3/h9-10,12-13H,4-8H2,1-3H3. The summed E-state index contributed by atoms with van der Waals surface area (Å²) >= 11 is 0. The molecule has 1 aliphatic heterocycles. The molecule has 0 bridgehead atoms. The Hall–Kier alpha value is -2.48. The second-order valence-corrected chi connectivity index (χ2v) is 6.20. The maximum atomic E-state index is 9.58. The lowest BCUT2D eigenvalue weighted by molar-refractivity contribution is 0.394. The zero-order valence-corrected chi connectivity index (χ0v) is 14.5. The van der Waals surface area contributed by atoms with E-state index in [9.17, 15) is 5.26 Å². The van der Waals surface area contributed by atoms with Gasteiger partial charge in [0.15, 0.2) is 0 Å². The van der Waals surface area contributed by atoms with Gasteiger partial charge in [0.25, 0.3) is 0 Å². The highest BCUT2D eigenvalue weighted by Crippen LogP contribution is 2.38. The van der Waals surface area contributed by atoms with Gasteiger partial charge in [-0.25, -0.2) is 0 Å². The van der Waals surface area contributed by atoms with Crippen molar-refractivity contribution in [1.29, 1.82) is 5.26 Å². The van der Waals surface area contributed by atoms with Gasteiger partial charge in [-0.3, -0.25) is 4.98 Å². The third-order valence-electron chi connectivity index (χ3n) is 4.97. The molecule has 3 rings (SSSR count). The van der Waals surface area contributed by atoms with Crippen LogP contribution >= 0.6 is 0 Å². The van der Waals surface area contributed by atoms with Crippen molar-refractivity contribution < 1.29 is 9.47 Å². The van der Waals surface area contributed by atoms with E-state index in [-0.39, 0.29) is 0 Å². The summed E-state index contributed by atoms with van der Waals surface area (Å²) in [4.78, 5) is 6.77. The molecule has 1 aromatic heterocycles. The zero-order chi connectivity index (χ0) is 17.1. The molecule has 1 aliphatic rings. The third kappa shape index (κ3) is 2.84. The lowest BCUT2D eigenvalue weighted by atomic mass is 9.93. The fourth-order valence-corrected chi connectivity index (χ4v) is 3.49. The minimum atomic E-state index is 0.604. The van der Waals surface area contributed by atoms with E-state index in [4.69, 9.17) is 9.47 Å². The van der Waals surface area contributed by atoms with Crippen LogP contribution in [0.2, 0.25) is 0 Å². The molecule has 0 atom stereocenters. The van der Waals surface area contributed by atoms with Crippen LogP contribution in [0.5, 0.6) is 11.5 Å². The van der Waals surface area contributed by atoms with Crippen molar-refractivity contribution in [2.75, 3.05) is 32.2 Å². The molecule has 2 heterocycles. The van der Waals surface area contributed by atoms with E-state index in [0.717, 1.165) is 48.4 Å². The second-order valence-electron chi connectivity index (χ2n) is 6.20. The fourth-order valence-electron chi connectivity index (χ4n) is 3.49. The number of hydrogen-bond donors (Lipinski definition) is 0. The molecule has 0 radical (unpaired) electrons. The summed E-state index contributed by atoms with van der Waals surface area (Å²) in [5, 5.41) is 10.5. The molecular weight excluding hydrogens is 302 g/mol. The van der Waals surface area contributed by atoms with Crippen LogP contribution in [0.3, 0.4) is 0 Å². The van der Waals surface area contributed by atoms with Crippen molar-refractivity contribution in [3.8, 4) is 17.6 Å². The van der Waals surface area contributed by atoms with E-state index < -0.39 is 0 Å². The van der Waals surface area contributed by atoms with Crippen LogP contribution in [0.4, 0.5) is 5.69 Å². The zero-order valence-electron chi connectivity index (χ0n) is 14.5. The molecule has 1 saturated heterocycles. The van der Waals surface area contributed by atoms with E-state index in [0.29, 0.717) is 17.1 Å². The molecule has 0 saturated carbocycles. The van der Waals surface area contributed by atoms with Crippen molar-refractivity contribution >= 4 is 16.6 Å². The Labute approximate surface area is 142 Å². The van der Waals surface area contributed by atoms with Gasteiger partial charge >= 0.3 is 0 Å². The first-order valence-electron chi connectivity index (χ1n) is 8.41. The number of hydrogen-bond acceptors (Lipinski definition) is 5. The SMILES string of the molecule is CCC1CCN(c2c(C#N)cnc3c(OC)cc(OC)cc23)CC1. The van der Waals surface area contributed by atoms with Crippen LogP contribution < -0.4 is 14.4 Å².